The summed E-state index contributed by atoms with van der Waals surface area (Å²) < 4.78 is 18.9. The number of nitrogens with zero attached hydrogens (tertiary/aromatic N) is 2. The van der Waals surface area contributed by atoms with Gasteiger partial charge in [-0.1, -0.05) is 35.3 Å². The van der Waals surface area contributed by atoms with Crippen LogP contribution >= 0.6 is 23.2 Å². The van der Waals surface area contributed by atoms with Crippen molar-refractivity contribution >= 4 is 35.2 Å². The fourth-order valence-electron chi connectivity index (χ4n) is 2.99. The molecule has 1 aliphatic rings. The predicted molar refractivity (Wildman–Crippen MR) is 101 cm³/mol. The third-order valence-corrected chi connectivity index (χ3v) is 4.89. The predicted octanol–water partition coefficient (Wildman–Crippen LogP) is 4.00. The van der Waals surface area contributed by atoms with Crippen LogP contribution in [-0.4, -0.2) is 43.6 Å². The monoisotopic (exact) mass is 396 g/mol. The van der Waals surface area contributed by atoms with Gasteiger partial charge in [-0.2, -0.15) is 0 Å². The zero-order valence-electron chi connectivity index (χ0n) is 14.1. The molecule has 3 rings (SSSR count). The SMILES string of the molecule is O=CC(OCc1cccc(F)c1)N1CCN(c2ccc(Cl)cc2Cl)CC1. The average Bonchev–Trinajstić information content (AvgIpc) is 2.63. The van der Waals surface area contributed by atoms with Crippen LogP contribution in [0.15, 0.2) is 42.5 Å². The van der Waals surface area contributed by atoms with Crippen molar-refractivity contribution in [3.63, 3.8) is 0 Å². The van der Waals surface area contributed by atoms with Crippen LogP contribution in [0.3, 0.4) is 0 Å². The Kier molecular flexibility index (Phi) is 6.48. The summed E-state index contributed by atoms with van der Waals surface area (Å²) >= 11 is 12.2. The minimum Gasteiger partial charge on any atom is -0.368 e. The second-order valence-corrected chi connectivity index (χ2v) is 6.93. The van der Waals surface area contributed by atoms with Gasteiger partial charge in [0.25, 0.3) is 0 Å². The number of anilines is 1. The van der Waals surface area contributed by atoms with Crippen LogP contribution in [-0.2, 0) is 16.1 Å². The summed E-state index contributed by atoms with van der Waals surface area (Å²) in [6.07, 6.45) is 0.130. The van der Waals surface area contributed by atoms with Gasteiger partial charge in [0.1, 0.15) is 5.82 Å². The first-order valence-corrected chi connectivity index (χ1v) is 9.08. The van der Waals surface area contributed by atoms with Crippen molar-refractivity contribution in [2.75, 3.05) is 31.1 Å². The summed E-state index contributed by atoms with van der Waals surface area (Å²) in [5, 5.41) is 1.21. The lowest BCUT2D eigenvalue weighted by molar-refractivity contribution is -0.133. The summed E-state index contributed by atoms with van der Waals surface area (Å²) in [4.78, 5) is 15.6. The lowest BCUT2D eigenvalue weighted by Crippen LogP contribution is -2.51. The van der Waals surface area contributed by atoms with E-state index in [0.717, 1.165) is 25.1 Å². The molecule has 2 aromatic rings. The van der Waals surface area contributed by atoms with Crippen LogP contribution in [0.2, 0.25) is 10.0 Å². The van der Waals surface area contributed by atoms with E-state index in [1.807, 2.05) is 17.0 Å². The lowest BCUT2D eigenvalue weighted by atomic mass is 10.2. The number of aldehydes is 1. The number of halogens is 3. The maximum absolute atomic E-state index is 13.2. The van der Waals surface area contributed by atoms with Gasteiger partial charge in [-0.05, 0) is 35.9 Å². The Morgan fingerprint density at radius 1 is 1.12 bits per heavy atom. The number of hydrogen-bond acceptors (Lipinski definition) is 4. The van der Waals surface area contributed by atoms with Crippen molar-refractivity contribution in [3.05, 3.63) is 63.9 Å². The van der Waals surface area contributed by atoms with Gasteiger partial charge < -0.3 is 9.64 Å². The maximum atomic E-state index is 13.2. The highest BCUT2D eigenvalue weighted by atomic mass is 35.5. The molecule has 0 spiro atoms. The third kappa shape index (κ3) is 4.74. The maximum Gasteiger partial charge on any atom is 0.167 e. The molecule has 0 N–H and O–H groups in total. The van der Waals surface area contributed by atoms with Crippen molar-refractivity contribution in [2.24, 2.45) is 0 Å². The van der Waals surface area contributed by atoms with E-state index in [1.165, 1.54) is 12.1 Å². The Bertz CT molecular complexity index is 767. The lowest BCUT2D eigenvalue weighted by Gasteiger charge is -2.38. The highest BCUT2D eigenvalue weighted by Gasteiger charge is 2.25. The molecule has 4 nitrogen and oxygen atoms in total. The van der Waals surface area contributed by atoms with Gasteiger partial charge in [0.05, 0.1) is 17.3 Å². The van der Waals surface area contributed by atoms with Gasteiger partial charge in [-0.15, -0.1) is 0 Å². The summed E-state index contributed by atoms with van der Waals surface area (Å²) in [5.74, 6) is -0.317. The van der Waals surface area contributed by atoms with Gasteiger partial charge in [0.2, 0.25) is 0 Å². The van der Waals surface area contributed by atoms with Crippen molar-refractivity contribution in [3.8, 4) is 0 Å². The van der Waals surface area contributed by atoms with E-state index in [9.17, 15) is 9.18 Å². The molecule has 7 heteroatoms. The molecule has 0 amide bonds. The van der Waals surface area contributed by atoms with Gasteiger partial charge >= 0.3 is 0 Å². The minimum atomic E-state index is -0.652. The van der Waals surface area contributed by atoms with E-state index in [0.29, 0.717) is 28.7 Å². The first-order valence-electron chi connectivity index (χ1n) is 8.32. The van der Waals surface area contributed by atoms with Crippen LogP contribution < -0.4 is 4.90 Å². The molecule has 26 heavy (non-hydrogen) atoms. The zero-order chi connectivity index (χ0) is 18.5. The summed E-state index contributed by atoms with van der Waals surface area (Å²) in [6, 6.07) is 11.6. The first-order chi connectivity index (χ1) is 12.6. The molecule has 1 fully saturated rings. The summed E-state index contributed by atoms with van der Waals surface area (Å²) in [6.45, 7) is 2.94. The Labute approximate surface area is 162 Å². The van der Waals surface area contributed by atoms with Crippen molar-refractivity contribution in [2.45, 2.75) is 12.8 Å². The largest absolute Gasteiger partial charge is 0.368 e. The molecule has 1 atom stereocenters. The minimum absolute atomic E-state index is 0.185. The smallest absolute Gasteiger partial charge is 0.167 e. The van der Waals surface area contributed by atoms with Gasteiger partial charge in [-0.25, -0.2) is 4.39 Å². The Balaban J connectivity index is 1.56. The molecule has 1 aliphatic heterocycles. The molecular formula is C19H19Cl2FN2O2. The van der Waals surface area contributed by atoms with Crippen LogP contribution in [0, 0.1) is 5.82 Å². The molecule has 0 saturated carbocycles. The molecule has 0 aromatic heterocycles. The quantitative estimate of drug-likeness (QED) is 0.690. The molecule has 1 heterocycles. The van der Waals surface area contributed by atoms with Crippen molar-refractivity contribution in [1.82, 2.24) is 4.90 Å². The molecule has 0 bridgehead atoms. The van der Waals surface area contributed by atoms with E-state index >= 15 is 0 Å². The second-order valence-electron chi connectivity index (χ2n) is 6.09. The first kappa shape index (κ1) is 19.1. The molecule has 138 valence electrons. The Morgan fingerprint density at radius 3 is 2.54 bits per heavy atom. The van der Waals surface area contributed by atoms with Crippen LogP contribution in [0.1, 0.15) is 5.56 Å². The van der Waals surface area contributed by atoms with E-state index in [4.69, 9.17) is 27.9 Å². The number of benzene rings is 2. The highest BCUT2D eigenvalue weighted by Crippen LogP contribution is 2.29. The fourth-order valence-corrected chi connectivity index (χ4v) is 3.52. The zero-order valence-corrected chi connectivity index (χ0v) is 15.6. The second kappa shape index (κ2) is 8.82. The number of rotatable bonds is 6. The highest BCUT2D eigenvalue weighted by molar-refractivity contribution is 6.36. The molecular weight excluding hydrogens is 378 g/mol. The molecule has 0 aliphatic carbocycles. The van der Waals surface area contributed by atoms with Crippen LogP contribution in [0.5, 0.6) is 0 Å². The van der Waals surface area contributed by atoms with E-state index in [2.05, 4.69) is 4.90 Å². The van der Waals surface area contributed by atoms with E-state index in [-0.39, 0.29) is 12.4 Å². The average molecular weight is 397 g/mol. The van der Waals surface area contributed by atoms with Gasteiger partial charge in [0, 0.05) is 31.2 Å². The Hall–Kier alpha value is -1.66. The summed E-state index contributed by atoms with van der Waals surface area (Å²) in [7, 11) is 0. The van der Waals surface area contributed by atoms with E-state index in [1.54, 1.807) is 18.2 Å². The molecule has 0 radical (unpaired) electrons. The van der Waals surface area contributed by atoms with Crippen molar-refractivity contribution < 1.29 is 13.9 Å². The fraction of sp³-hybridized carbons (Fsp3) is 0.316. The number of ether oxygens (including phenoxy) is 1. The van der Waals surface area contributed by atoms with E-state index < -0.39 is 6.23 Å². The third-order valence-electron chi connectivity index (χ3n) is 4.35. The normalized spacial score (nSPS) is 16.5. The van der Waals surface area contributed by atoms with Gasteiger partial charge in [-0.3, -0.25) is 9.69 Å². The number of piperazine rings is 1. The van der Waals surface area contributed by atoms with Gasteiger partial charge in [0.15, 0.2) is 12.5 Å². The van der Waals surface area contributed by atoms with Crippen LogP contribution in [0.4, 0.5) is 10.1 Å². The number of hydrogen-bond donors (Lipinski definition) is 0. The number of carbonyl (C=O) groups excluding carboxylic acids is 1. The topological polar surface area (TPSA) is 32.8 Å². The Morgan fingerprint density at radius 2 is 1.88 bits per heavy atom. The molecule has 2 aromatic carbocycles. The summed E-state index contributed by atoms with van der Waals surface area (Å²) in [5.41, 5.74) is 1.63. The number of carbonyl (C=O) groups is 1. The van der Waals surface area contributed by atoms with Crippen LogP contribution in [0.25, 0.3) is 0 Å². The standard InChI is InChI=1S/C19H19Cl2FN2O2/c20-15-4-5-18(17(21)11-15)23-6-8-24(9-7-23)19(12-25)26-13-14-2-1-3-16(22)10-14/h1-5,10-12,19H,6-9,13H2. The molecule has 1 saturated heterocycles. The molecule has 1 unspecified atom stereocenters. The van der Waals surface area contributed by atoms with Crippen molar-refractivity contribution in [1.29, 1.82) is 0 Å².